The first-order chi connectivity index (χ1) is 7.82. The Kier molecular flexibility index (Phi) is 4.40. The van der Waals surface area contributed by atoms with Crippen LogP contribution in [0, 0.1) is 0 Å². The van der Waals surface area contributed by atoms with Gasteiger partial charge >= 0.3 is 0 Å². The molecule has 0 aromatic carbocycles. The lowest BCUT2D eigenvalue weighted by atomic mass is 9.64. The molecule has 0 saturated carbocycles. The molecule has 1 rings (SSSR count). The highest BCUT2D eigenvalue weighted by Crippen LogP contribution is 2.36. The lowest BCUT2D eigenvalue weighted by molar-refractivity contribution is -0.197. The Morgan fingerprint density at radius 1 is 1.41 bits per heavy atom. The maximum atomic E-state index is 9.97. The average Bonchev–Trinajstić information content (AvgIpc) is 2.22. The van der Waals surface area contributed by atoms with Gasteiger partial charge < -0.3 is 20.1 Å². The van der Waals surface area contributed by atoms with Gasteiger partial charge in [-0.15, -0.1) is 0 Å². The van der Waals surface area contributed by atoms with Gasteiger partial charge in [0.15, 0.2) is 0 Å². The van der Waals surface area contributed by atoms with E-state index in [1.807, 2.05) is 0 Å². The second-order valence-electron chi connectivity index (χ2n) is 4.78. The van der Waals surface area contributed by atoms with Crippen molar-refractivity contribution in [2.75, 3.05) is 6.61 Å². The minimum absolute atomic E-state index is 0.447. The number of aliphatic hydroxyl groups excluding tert-OH is 3. The monoisotopic (exact) mass is 241 g/mol. The highest BCUT2D eigenvalue weighted by Gasteiger charge is 2.47. The maximum Gasteiger partial charge on any atom is 0.107 e. The van der Waals surface area contributed by atoms with Crippen molar-refractivity contribution in [3.63, 3.8) is 0 Å². The van der Waals surface area contributed by atoms with Gasteiger partial charge in [-0.3, -0.25) is 0 Å². The second kappa shape index (κ2) is 5.24. The molecule has 2 unspecified atom stereocenters. The quantitative estimate of drug-likeness (QED) is 0.267. The number of hydrogen-bond acceptors (Lipinski definition) is 5. The number of rotatable bonds is 3. The highest BCUT2D eigenvalue weighted by molar-refractivity contribution is 6.15. The molecule has 1 saturated heterocycles. The molecule has 8 heteroatoms. The summed E-state index contributed by atoms with van der Waals surface area (Å²) in [4.78, 5) is 2.57. The first kappa shape index (κ1) is 14.3. The zero-order valence-corrected chi connectivity index (χ0v) is 9.76. The largest absolute Gasteiger partial charge is 0.394 e. The Morgan fingerprint density at radius 3 is 2.41 bits per heavy atom. The molecule has 17 heavy (non-hydrogen) atoms. The zero-order valence-electron chi connectivity index (χ0n) is 9.76. The van der Waals surface area contributed by atoms with Crippen LogP contribution in [-0.4, -0.2) is 60.2 Å². The summed E-state index contributed by atoms with van der Waals surface area (Å²) < 4.78 is 5.34. The van der Waals surface area contributed by atoms with Crippen LogP contribution in [0.4, 0.5) is 0 Å². The van der Waals surface area contributed by atoms with E-state index in [0.29, 0.717) is 0 Å². The SMILES string of the molecule is [B]C(C)(C)[C@H]1OC(CO)[C@H](O)[C@H](N=[N+]=[N-])C1O. The van der Waals surface area contributed by atoms with Gasteiger partial charge in [-0.1, -0.05) is 19.0 Å². The average molecular weight is 241 g/mol. The third-order valence-electron chi connectivity index (χ3n) is 2.81. The molecule has 1 fully saturated rings. The third kappa shape index (κ3) is 2.91. The van der Waals surface area contributed by atoms with Gasteiger partial charge in [0.05, 0.1) is 38.8 Å². The molecule has 94 valence electrons. The molecule has 0 spiro atoms. The van der Waals surface area contributed by atoms with E-state index in [9.17, 15) is 10.2 Å². The van der Waals surface area contributed by atoms with Crippen LogP contribution >= 0.6 is 0 Å². The molecule has 1 aliphatic heterocycles. The molecule has 2 radical (unpaired) electrons. The van der Waals surface area contributed by atoms with E-state index in [1.165, 1.54) is 0 Å². The molecule has 7 nitrogen and oxygen atoms in total. The molecule has 5 atom stereocenters. The molecule has 0 amide bonds. The lowest BCUT2D eigenvalue weighted by Gasteiger charge is -2.46. The molecule has 0 aromatic heterocycles. The number of hydrogen-bond donors (Lipinski definition) is 3. The normalized spacial score (nSPS) is 38.5. The van der Waals surface area contributed by atoms with Crippen LogP contribution in [0.25, 0.3) is 10.4 Å². The Hall–Kier alpha value is -0.785. The summed E-state index contributed by atoms with van der Waals surface area (Å²) in [5, 5.41) is 31.3. The van der Waals surface area contributed by atoms with E-state index in [4.69, 9.17) is 23.2 Å². The summed E-state index contributed by atoms with van der Waals surface area (Å²) in [6.07, 6.45) is -4.24. The zero-order chi connectivity index (χ0) is 13.2. The maximum absolute atomic E-state index is 9.97. The van der Waals surface area contributed by atoms with E-state index in [-0.39, 0.29) is 0 Å². The van der Waals surface area contributed by atoms with Gasteiger partial charge in [0.1, 0.15) is 6.10 Å². The molecule has 0 aromatic rings. The van der Waals surface area contributed by atoms with Crippen molar-refractivity contribution in [1.82, 2.24) is 0 Å². The Bertz CT molecular complexity index is 316. The lowest BCUT2D eigenvalue weighted by Crippen LogP contribution is -2.60. The predicted molar refractivity (Wildman–Crippen MR) is 60.5 cm³/mol. The van der Waals surface area contributed by atoms with Crippen LogP contribution in [0.2, 0.25) is 5.31 Å². The van der Waals surface area contributed by atoms with Crippen LogP contribution < -0.4 is 0 Å². The summed E-state index contributed by atoms with van der Waals surface area (Å²) in [6, 6.07) is -1.08. The molecule has 1 aliphatic rings. The van der Waals surface area contributed by atoms with Crippen molar-refractivity contribution < 1.29 is 20.1 Å². The molecule has 1 heterocycles. The van der Waals surface area contributed by atoms with Crippen LogP contribution in [0.5, 0.6) is 0 Å². The molecular weight excluding hydrogens is 225 g/mol. The third-order valence-corrected chi connectivity index (χ3v) is 2.81. The number of azide groups is 1. The first-order valence-corrected chi connectivity index (χ1v) is 5.28. The van der Waals surface area contributed by atoms with Crippen LogP contribution in [0.15, 0.2) is 5.11 Å². The molecule has 0 aliphatic carbocycles. The Labute approximate surface area is 100 Å². The van der Waals surface area contributed by atoms with Crippen molar-refractivity contribution in [3.05, 3.63) is 10.4 Å². The molecule has 0 bridgehead atoms. The van der Waals surface area contributed by atoms with Gasteiger partial charge in [-0.05, 0) is 10.8 Å². The Balaban J connectivity index is 3.01. The van der Waals surface area contributed by atoms with Crippen molar-refractivity contribution in [2.45, 2.75) is 49.6 Å². The summed E-state index contributed by atoms with van der Waals surface area (Å²) in [7, 11) is 5.84. The summed E-state index contributed by atoms with van der Waals surface area (Å²) in [6.45, 7) is 2.83. The number of aliphatic hydroxyl groups is 3. The smallest absolute Gasteiger partial charge is 0.107 e. The van der Waals surface area contributed by atoms with Gasteiger partial charge in [0.2, 0.25) is 0 Å². The van der Waals surface area contributed by atoms with E-state index < -0.39 is 42.4 Å². The van der Waals surface area contributed by atoms with Crippen molar-refractivity contribution in [3.8, 4) is 0 Å². The predicted octanol–water partition coefficient (Wildman–Crippen LogP) is -0.486. The second-order valence-corrected chi connectivity index (χ2v) is 4.78. The fourth-order valence-corrected chi connectivity index (χ4v) is 1.91. The van der Waals surface area contributed by atoms with Gasteiger partial charge in [0, 0.05) is 4.91 Å². The van der Waals surface area contributed by atoms with Gasteiger partial charge in [-0.25, -0.2) is 0 Å². The van der Waals surface area contributed by atoms with Gasteiger partial charge in [-0.2, -0.15) is 0 Å². The van der Waals surface area contributed by atoms with Crippen molar-refractivity contribution in [2.24, 2.45) is 5.11 Å². The fraction of sp³-hybridized carbons (Fsp3) is 1.00. The Morgan fingerprint density at radius 2 is 2.00 bits per heavy atom. The standard InChI is InChI=1S/C9H16BN3O4/c1-9(2,10)8-7(16)5(12-13-11)6(15)4(3-14)17-8/h4-8,14-16H,3H2,1-2H3/t4?,5-,6-,7?,8-/m0/s1. The minimum atomic E-state index is -1.26. The van der Waals surface area contributed by atoms with E-state index in [2.05, 4.69) is 10.0 Å². The van der Waals surface area contributed by atoms with Crippen LogP contribution in [-0.2, 0) is 4.74 Å². The van der Waals surface area contributed by atoms with E-state index in [0.717, 1.165) is 0 Å². The van der Waals surface area contributed by atoms with Crippen molar-refractivity contribution >= 4 is 7.85 Å². The minimum Gasteiger partial charge on any atom is -0.394 e. The summed E-state index contributed by atoms with van der Waals surface area (Å²) in [5.74, 6) is 0. The van der Waals surface area contributed by atoms with E-state index >= 15 is 0 Å². The topological polar surface area (TPSA) is 119 Å². The van der Waals surface area contributed by atoms with Crippen molar-refractivity contribution in [1.29, 1.82) is 0 Å². The number of ether oxygens (including phenoxy) is 1. The molecule has 3 N–H and O–H groups in total. The number of nitrogens with zero attached hydrogens (tertiary/aromatic N) is 3. The van der Waals surface area contributed by atoms with Crippen LogP contribution in [0.1, 0.15) is 13.8 Å². The summed E-state index contributed by atoms with van der Waals surface area (Å²) >= 11 is 0. The van der Waals surface area contributed by atoms with Gasteiger partial charge in [0.25, 0.3) is 0 Å². The van der Waals surface area contributed by atoms with E-state index in [1.54, 1.807) is 13.8 Å². The summed E-state index contributed by atoms with van der Waals surface area (Å²) in [5.41, 5.74) is 8.40. The fourth-order valence-electron chi connectivity index (χ4n) is 1.91. The molecular formula is C9H16BN3O4. The van der Waals surface area contributed by atoms with Crippen LogP contribution in [0.3, 0.4) is 0 Å². The highest BCUT2D eigenvalue weighted by atomic mass is 16.5. The first-order valence-electron chi connectivity index (χ1n) is 5.28.